The van der Waals surface area contributed by atoms with Gasteiger partial charge < -0.3 is 19.9 Å². The minimum Gasteiger partial charge on any atom is -0.480 e. The molecule has 0 spiro atoms. The van der Waals surface area contributed by atoms with Gasteiger partial charge in [-0.3, -0.25) is 14.5 Å². The van der Waals surface area contributed by atoms with Gasteiger partial charge in [0.2, 0.25) is 0 Å². The van der Waals surface area contributed by atoms with Crippen molar-refractivity contribution in [1.82, 2.24) is 25.3 Å². The van der Waals surface area contributed by atoms with Crippen LogP contribution in [0.4, 0.5) is 4.39 Å². The summed E-state index contributed by atoms with van der Waals surface area (Å²) in [7, 11) is 0. The van der Waals surface area contributed by atoms with Crippen LogP contribution in [0, 0.1) is 17.7 Å². The highest BCUT2D eigenvalue weighted by molar-refractivity contribution is 5.95. The molecule has 10 heteroatoms. The molecule has 1 saturated carbocycles. The molecule has 9 nitrogen and oxygen atoms in total. The summed E-state index contributed by atoms with van der Waals surface area (Å²) in [5, 5.41) is 16.5. The second-order valence-corrected chi connectivity index (χ2v) is 10.5. The Morgan fingerprint density at radius 3 is 2.78 bits per heavy atom. The molecule has 1 amide bonds. The zero-order valence-electron chi connectivity index (χ0n) is 21.3. The monoisotopic (exact) mass is 511 g/mol. The summed E-state index contributed by atoms with van der Waals surface area (Å²) < 4.78 is 20.7. The van der Waals surface area contributed by atoms with E-state index in [4.69, 9.17) is 4.52 Å². The van der Waals surface area contributed by atoms with Crippen LogP contribution in [-0.2, 0) is 17.8 Å². The van der Waals surface area contributed by atoms with Gasteiger partial charge in [0.25, 0.3) is 5.91 Å². The number of nitrogens with zero attached hydrogens (tertiary/aromatic N) is 3. The van der Waals surface area contributed by atoms with E-state index in [0.717, 1.165) is 32.1 Å². The third-order valence-electron chi connectivity index (χ3n) is 8.05. The fraction of sp³-hybridized carbons (Fsp3) is 0.556. The number of carboxylic acids is 1. The van der Waals surface area contributed by atoms with Crippen molar-refractivity contribution in [2.45, 2.75) is 77.4 Å². The number of benzene rings is 1. The highest BCUT2D eigenvalue weighted by Gasteiger charge is 2.33. The molecule has 3 N–H and O–H groups in total. The number of aromatic amines is 1. The summed E-state index contributed by atoms with van der Waals surface area (Å²) in [5.41, 5.74) is 2.18. The maximum absolute atomic E-state index is 15.6. The summed E-state index contributed by atoms with van der Waals surface area (Å²) in [4.78, 5) is 34.5. The number of carboxylic acid groups (broad SMARTS) is 1. The Labute approximate surface area is 214 Å². The van der Waals surface area contributed by atoms with Crippen molar-refractivity contribution in [2.24, 2.45) is 11.8 Å². The molecule has 2 fully saturated rings. The maximum Gasteiger partial charge on any atom is 0.320 e. The minimum absolute atomic E-state index is 0.161. The van der Waals surface area contributed by atoms with Gasteiger partial charge in [-0.05, 0) is 56.6 Å². The maximum atomic E-state index is 15.6. The normalized spacial score (nSPS) is 23.4. The number of hydrogen-bond donors (Lipinski definition) is 3. The average Bonchev–Trinajstić information content (AvgIpc) is 3.64. The molecule has 1 aliphatic carbocycles. The van der Waals surface area contributed by atoms with Crippen LogP contribution in [0.2, 0.25) is 0 Å². The molecule has 1 saturated heterocycles. The van der Waals surface area contributed by atoms with Crippen LogP contribution in [0.5, 0.6) is 0 Å². The molecule has 5 rings (SSSR count). The van der Waals surface area contributed by atoms with E-state index in [1.807, 2.05) is 6.92 Å². The molecule has 3 heterocycles. The third kappa shape index (κ3) is 5.12. The van der Waals surface area contributed by atoms with Gasteiger partial charge in [0.1, 0.15) is 29.2 Å². The summed E-state index contributed by atoms with van der Waals surface area (Å²) >= 11 is 0. The topological polar surface area (TPSA) is 124 Å². The van der Waals surface area contributed by atoms with Crippen LogP contribution in [-0.4, -0.2) is 49.6 Å². The van der Waals surface area contributed by atoms with Crippen molar-refractivity contribution in [3.05, 3.63) is 46.9 Å². The lowest BCUT2D eigenvalue weighted by atomic mass is 9.79. The van der Waals surface area contributed by atoms with E-state index in [1.165, 1.54) is 6.26 Å². The van der Waals surface area contributed by atoms with Crippen LogP contribution >= 0.6 is 0 Å². The van der Waals surface area contributed by atoms with Gasteiger partial charge in [-0.1, -0.05) is 37.9 Å². The largest absolute Gasteiger partial charge is 0.480 e. The van der Waals surface area contributed by atoms with E-state index in [-0.39, 0.29) is 23.9 Å². The molecule has 37 heavy (non-hydrogen) atoms. The van der Waals surface area contributed by atoms with Gasteiger partial charge in [0.05, 0.1) is 17.3 Å². The van der Waals surface area contributed by atoms with Gasteiger partial charge in [-0.25, -0.2) is 9.37 Å². The van der Waals surface area contributed by atoms with E-state index in [9.17, 15) is 14.7 Å². The number of H-pyrrole nitrogens is 1. The number of rotatable bonds is 8. The predicted molar refractivity (Wildman–Crippen MR) is 134 cm³/mol. The molecule has 1 aromatic carbocycles. The Balaban J connectivity index is 1.44. The number of likely N-dealkylation sites (tertiary alicyclic amines) is 1. The van der Waals surface area contributed by atoms with Crippen molar-refractivity contribution >= 4 is 22.9 Å². The van der Waals surface area contributed by atoms with E-state index in [2.05, 4.69) is 27.4 Å². The van der Waals surface area contributed by atoms with Crippen molar-refractivity contribution < 1.29 is 23.6 Å². The minimum atomic E-state index is -0.875. The standard InChI is InChI=1S/C27H34FN5O4/c1-3-19-18(14-37-32-19)26(34)31-23(16-8-6-15(2)7-9-16)25-29-20-11-10-17(22(28)24(20)30-25)13-33-12-4-5-21(33)27(35)36/h10-11,14-16,21,23H,3-9,12-13H2,1-2H3,(H,29,30)(H,31,34)(H,35,36)/t15?,16?,21-,23-/m0/s1. The SMILES string of the molecule is CCc1nocc1C(=O)N[C@H](c1nc2c(F)c(CN3CCC[C@H]3C(=O)O)ccc2[nH]1)C1CCC(C)CC1. The first-order valence-corrected chi connectivity index (χ1v) is 13.2. The zero-order chi connectivity index (χ0) is 26.1. The van der Waals surface area contributed by atoms with Gasteiger partial charge in [-0.2, -0.15) is 0 Å². The molecule has 2 aromatic heterocycles. The Hall–Kier alpha value is -3.27. The predicted octanol–water partition coefficient (Wildman–Crippen LogP) is 4.60. The van der Waals surface area contributed by atoms with Gasteiger partial charge in [0, 0.05) is 12.1 Å². The molecular formula is C27H34FN5O4. The quantitative estimate of drug-likeness (QED) is 0.404. The van der Waals surface area contributed by atoms with Crippen LogP contribution in [0.1, 0.15) is 85.9 Å². The fourth-order valence-corrected chi connectivity index (χ4v) is 5.83. The molecule has 0 bridgehead atoms. The zero-order valence-corrected chi connectivity index (χ0v) is 21.3. The lowest BCUT2D eigenvalue weighted by molar-refractivity contribution is -0.142. The van der Waals surface area contributed by atoms with Gasteiger partial charge >= 0.3 is 5.97 Å². The number of aromatic nitrogens is 3. The molecule has 3 aromatic rings. The fourth-order valence-electron chi connectivity index (χ4n) is 5.83. The average molecular weight is 512 g/mol. The second-order valence-electron chi connectivity index (χ2n) is 10.5. The number of carbonyl (C=O) groups is 2. The number of hydrogen-bond acceptors (Lipinski definition) is 6. The summed E-state index contributed by atoms with van der Waals surface area (Å²) in [6.45, 7) is 4.99. The number of carbonyl (C=O) groups excluding carboxylic acids is 1. The lowest BCUT2D eigenvalue weighted by Gasteiger charge is -2.32. The van der Waals surface area contributed by atoms with Gasteiger partial charge in [-0.15, -0.1) is 0 Å². The Morgan fingerprint density at radius 1 is 1.27 bits per heavy atom. The summed E-state index contributed by atoms with van der Waals surface area (Å²) in [5.74, 6) is -0.288. The van der Waals surface area contributed by atoms with Crippen LogP contribution in [0.3, 0.4) is 0 Å². The summed E-state index contributed by atoms with van der Waals surface area (Å²) in [6, 6.07) is 2.47. The van der Waals surface area contributed by atoms with Crippen molar-refractivity contribution in [3.63, 3.8) is 0 Å². The van der Waals surface area contributed by atoms with E-state index in [1.54, 1.807) is 17.0 Å². The number of fused-ring (bicyclic) bond motifs is 1. The second kappa shape index (κ2) is 10.6. The molecule has 0 radical (unpaired) electrons. The summed E-state index contributed by atoms with van der Waals surface area (Å²) in [6.07, 6.45) is 7.28. The van der Waals surface area contributed by atoms with Crippen molar-refractivity contribution in [1.29, 1.82) is 0 Å². The number of aryl methyl sites for hydroxylation is 1. The van der Waals surface area contributed by atoms with Crippen molar-refractivity contribution in [2.75, 3.05) is 6.54 Å². The first kappa shape index (κ1) is 25.4. The molecule has 2 aliphatic rings. The molecular weight excluding hydrogens is 477 g/mol. The van der Waals surface area contributed by atoms with Crippen LogP contribution in [0.15, 0.2) is 22.9 Å². The number of amides is 1. The van der Waals surface area contributed by atoms with E-state index in [0.29, 0.717) is 53.5 Å². The van der Waals surface area contributed by atoms with Crippen molar-refractivity contribution in [3.8, 4) is 0 Å². The van der Waals surface area contributed by atoms with E-state index >= 15 is 4.39 Å². The Morgan fingerprint density at radius 2 is 2.05 bits per heavy atom. The third-order valence-corrected chi connectivity index (χ3v) is 8.05. The molecule has 1 aliphatic heterocycles. The highest BCUT2D eigenvalue weighted by atomic mass is 19.1. The van der Waals surface area contributed by atoms with Gasteiger partial charge in [0.15, 0.2) is 5.82 Å². The lowest BCUT2D eigenvalue weighted by Crippen LogP contribution is -2.36. The Bertz CT molecular complexity index is 1280. The smallest absolute Gasteiger partial charge is 0.320 e. The molecule has 0 unspecified atom stereocenters. The number of halogens is 1. The van der Waals surface area contributed by atoms with E-state index < -0.39 is 23.9 Å². The first-order chi connectivity index (χ1) is 17.9. The Kier molecular flexibility index (Phi) is 7.28. The van der Waals surface area contributed by atoms with Crippen LogP contribution < -0.4 is 5.32 Å². The number of imidazole rings is 1. The highest BCUT2D eigenvalue weighted by Crippen LogP contribution is 2.37. The first-order valence-electron chi connectivity index (χ1n) is 13.2. The molecule has 198 valence electrons. The molecule has 2 atom stereocenters. The number of aliphatic carboxylic acids is 1. The van der Waals surface area contributed by atoms with Crippen LogP contribution in [0.25, 0.3) is 11.0 Å². The number of nitrogens with one attached hydrogen (secondary N) is 2.